The fourth-order valence-electron chi connectivity index (χ4n) is 4.42. The summed E-state index contributed by atoms with van der Waals surface area (Å²) in [5.74, 6) is 0.667. The van der Waals surface area contributed by atoms with Crippen molar-refractivity contribution in [1.29, 1.82) is 5.26 Å². The Bertz CT molecular complexity index is 1150. The van der Waals surface area contributed by atoms with Crippen LogP contribution >= 0.6 is 0 Å². The van der Waals surface area contributed by atoms with Gasteiger partial charge in [0.25, 0.3) is 0 Å². The summed E-state index contributed by atoms with van der Waals surface area (Å²) in [5.41, 5.74) is 0.415. The van der Waals surface area contributed by atoms with Gasteiger partial charge >= 0.3 is 6.09 Å². The minimum absolute atomic E-state index is 0.201. The van der Waals surface area contributed by atoms with Gasteiger partial charge in [-0.2, -0.15) is 10.2 Å². The number of piperazine rings is 1. The van der Waals surface area contributed by atoms with E-state index in [9.17, 15) is 14.9 Å². The Hall–Kier alpha value is -3.87. The minimum atomic E-state index is -0.966. The number of ether oxygens (including phenoxy) is 1. The Morgan fingerprint density at radius 2 is 1.83 bits per heavy atom. The van der Waals surface area contributed by atoms with Gasteiger partial charge in [-0.05, 0) is 63.9 Å². The lowest BCUT2D eigenvalue weighted by molar-refractivity contribution is -0.123. The Balaban J connectivity index is 1.36. The molecule has 0 aliphatic carbocycles. The van der Waals surface area contributed by atoms with E-state index in [1.54, 1.807) is 22.1 Å². The number of carbonyl (C=O) groups is 2. The predicted octanol–water partition coefficient (Wildman–Crippen LogP) is 3.93. The van der Waals surface area contributed by atoms with Gasteiger partial charge in [0.2, 0.25) is 11.9 Å². The normalized spacial score (nSPS) is 20.3. The summed E-state index contributed by atoms with van der Waals surface area (Å²) in [6.07, 6.45) is 2.32. The number of benzene rings is 1. The lowest BCUT2D eigenvalue weighted by Gasteiger charge is -2.36. The molecule has 3 heterocycles. The molecule has 0 unspecified atom stereocenters. The van der Waals surface area contributed by atoms with Crippen molar-refractivity contribution in [1.82, 2.24) is 14.9 Å². The van der Waals surface area contributed by atoms with Gasteiger partial charge in [-0.25, -0.2) is 9.78 Å². The first-order chi connectivity index (χ1) is 17.1. The number of anilines is 4. The number of carbonyl (C=O) groups excluding carboxylic acids is 2. The number of amides is 2. The third-order valence-corrected chi connectivity index (χ3v) is 6.57. The summed E-state index contributed by atoms with van der Waals surface area (Å²) < 4.78 is 5.47. The monoisotopic (exact) mass is 491 g/mol. The summed E-state index contributed by atoms with van der Waals surface area (Å²) in [4.78, 5) is 39.5. The highest BCUT2D eigenvalue weighted by Gasteiger charge is 2.46. The van der Waals surface area contributed by atoms with Crippen LogP contribution in [0.3, 0.4) is 0 Å². The van der Waals surface area contributed by atoms with E-state index in [1.165, 1.54) is 0 Å². The molecule has 2 fully saturated rings. The molecule has 1 N–H and O–H groups in total. The number of nitrogens with zero attached hydrogens (tertiary/aromatic N) is 6. The van der Waals surface area contributed by atoms with Gasteiger partial charge in [-0.3, -0.25) is 9.69 Å². The second-order valence-electron chi connectivity index (χ2n) is 10.1. The van der Waals surface area contributed by atoms with Crippen molar-refractivity contribution in [2.45, 2.75) is 46.1 Å². The first-order valence-electron chi connectivity index (χ1n) is 12.3. The van der Waals surface area contributed by atoms with Crippen LogP contribution in [0.1, 0.15) is 40.5 Å². The molecule has 0 saturated carbocycles. The molecule has 10 heteroatoms. The third kappa shape index (κ3) is 5.35. The zero-order valence-corrected chi connectivity index (χ0v) is 21.3. The third-order valence-electron chi connectivity index (χ3n) is 6.57. The molecular formula is C26H33N7O3. The van der Waals surface area contributed by atoms with E-state index in [2.05, 4.69) is 26.3 Å². The molecule has 0 radical (unpaired) electrons. The second kappa shape index (κ2) is 10.0. The molecule has 1 aromatic carbocycles. The van der Waals surface area contributed by atoms with E-state index in [1.807, 2.05) is 52.0 Å². The van der Waals surface area contributed by atoms with Gasteiger partial charge < -0.3 is 19.9 Å². The van der Waals surface area contributed by atoms with Crippen molar-refractivity contribution in [2.24, 2.45) is 5.41 Å². The Morgan fingerprint density at radius 1 is 1.14 bits per heavy atom. The maximum atomic E-state index is 12.9. The zero-order chi connectivity index (χ0) is 25.9. The van der Waals surface area contributed by atoms with Crippen molar-refractivity contribution in [2.75, 3.05) is 47.8 Å². The highest BCUT2D eigenvalue weighted by Crippen LogP contribution is 2.36. The molecule has 2 aliphatic rings. The molecule has 36 heavy (non-hydrogen) atoms. The quantitative estimate of drug-likeness (QED) is 0.669. The highest BCUT2D eigenvalue weighted by atomic mass is 16.6. The van der Waals surface area contributed by atoms with Crippen LogP contribution in [0, 0.1) is 16.7 Å². The number of nitrogens with one attached hydrogen (secondary N) is 1. The Morgan fingerprint density at radius 3 is 2.42 bits per heavy atom. The van der Waals surface area contributed by atoms with E-state index >= 15 is 0 Å². The van der Waals surface area contributed by atoms with Crippen LogP contribution in [-0.4, -0.2) is 65.2 Å². The molecule has 2 amide bonds. The molecule has 0 bridgehead atoms. The maximum absolute atomic E-state index is 12.9. The standard InChI is InChI=1S/C26H33N7O3/c1-5-26(18-27)11-13-33(22(26)34)21-10-12-28-23(30-21)29-19-6-8-20(9-7-19)31-14-16-32(17-15-31)24(35)36-25(2,3)4/h6-10,12H,5,11,13-17H2,1-4H3,(H,28,29,30)/t26-/m1/s1. The van der Waals surface area contributed by atoms with Gasteiger partial charge in [-0.15, -0.1) is 0 Å². The van der Waals surface area contributed by atoms with E-state index in [-0.39, 0.29) is 12.0 Å². The van der Waals surface area contributed by atoms with Gasteiger partial charge in [0.1, 0.15) is 16.8 Å². The number of aromatic nitrogens is 2. The summed E-state index contributed by atoms with van der Waals surface area (Å²) in [7, 11) is 0. The lowest BCUT2D eigenvalue weighted by atomic mass is 9.85. The van der Waals surface area contributed by atoms with Crippen LogP contribution in [0.2, 0.25) is 0 Å². The first kappa shape index (κ1) is 25.2. The van der Waals surface area contributed by atoms with E-state index in [0.717, 1.165) is 24.5 Å². The second-order valence-corrected chi connectivity index (χ2v) is 10.1. The maximum Gasteiger partial charge on any atom is 0.410 e. The van der Waals surface area contributed by atoms with Gasteiger partial charge in [0.05, 0.1) is 6.07 Å². The number of hydrogen-bond acceptors (Lipinski definition) is 8. The van der Waals surface area contributed by atoms with Gasteiger partial charge in [0.15, 0.2) is 0 Å². The van der Waals surface area contributed by atoms with Crippen molar-refractivity contribution >= 4 is 35.1 Å². The van der Waals surface area contributed by atoms with Crippen molar-refractivity contribution < 1.29 is 14.3 Å². The average Bonchev–Trinajstić information content (AvgIpc) is 3.20. The molecule has 2 aliphatic heterocycles. The predicted molar refractivity (Wildman–Crippen MR) is 137 cm³/mol. The van der Waals surface area contributed by atoms with Crippen LogP contribution in [0.5, 0.6) is 0 Å². The van der Waals surface area contributed by atoms with Crippen LogP contribution < -0.4 is 15.1 Å². The van der Waals surface area contributed by atoms with Crippen molar-refractivity contribution in [3.05, 3.63) is 36.5 Å². The number of hydrogen-bond donors (Lipinski definition) is 1. The van der Waals surface area contributed by atoms with Crippen LogP contribution in [0.15, 0.2) is 36.5 Å². The smallest absolute Gasteiger partial charge is 0.410 e. The number of rotatable bonds is 5. The fraction of sp³-hybridized carbons (Fsp3) is 0.500. The Labute approximate surface area is 211 Å². The van der Waals surface area contributed by atoms with Gasteiger partial charge in [-0.1, -0.05) is 6.92 Å². The van der Waals surface area contributed by atoms with Crippen molar-refractivity contribution in [3.8, 4) is 6.07 Å². The molecule has 4 rings (SSSR count). The van der Waals surface area contributed by atoms with Crippen LogP contribution in [0.25, 0.3) is 0 Å². The van der Waals surface area contributed by atoms with E-state index < -0.39 is 11.0 Å². The average molecular weight is 492 g/mol. The van der Waals surface area contributed by atoms with E-state index in [4.69, 9.17) is 4.74 Å². The summed E-state index contributed by atoms with van der Waals surface area (Å²) in [6, 6.07) is 11.8. The molecule has 2 aromatic rings. The molecule has 2 saturated heterocycles. The summed E-state index contributed by atoms with van der Waals surface area (Å²) >= 11 is 0. The van der Waals surface area contributed by atoms with Crippen molar-refractivity contribution in [3.63, 3.8) is 0 Å². The molecular weight excluding hydrogens is 458 g/mol. The zero-order valence-electron chi connectivity index (χ0n) is 21.3. The van der Waals surface area contributed by atoms with Gasteiger partial charge in [0, 0.05) is 50.3 Å². The molecule has 1 aromatic heterocycles. The first-order valence-corrected chi connectivity index (χ1v) is 12.3. The highest BCUT2D eigenvalue weighted by molar-refractivity contribution is 6.01. The fourth-order valence-corrected chi connectivity index (χ4v) is 4.42. The molecule has 1 atom stereocenters. The molecule has 10 nitrogen and oxygen atoms in total. The molecule has 0 spiro atoms. The topological polar surface area (TPSA) is 115 Å². The van der Waals surface area contributed by atoms with Crippen LogP contribution in [0.4, 0.5) is 27.9 Å². The van der Waals surface area contributed by atoms with E-state index in [0.29, 0.717) is 44.2 Å². The van der Waals surface area contributed by atoms with Crippen LogP contribution in [-0.2, 0) is 9.53 Å². The molecule has 190 valence electrons. The largest absolute Gasteiger partial charge is 0.444 e. The summed E-state index contributed by atoms with van der Waals surface area (Å²) in [5, 5.41) is 12.7. The Kier molecular flexibility index (Phi) is 7.02. The number of nitriles is 1. The minimum Gasteiger partial charge on any atom is -0.444 e. The lowest BCUT2D eigenvalue weighted by Crippen LogP contribution is -2.50. The SMILES string of the molecule is CC[C@]1(C#N)CCN(c2ccnc(Nc3ccc(N4CCN(C(=O)OC(C)(C)C)CC4)cc3)n2)C1=O. The summed E-state index contributed by atoms with van der Waals surface area (Å²) in [6.45, 7) is 10.6.